The van der Waals surface area contributed by atoms with Crippen LogP contribution in [-0.2, 0) is 0 Å². The van der Waals surface area contributed by atoms with E-state index in [1.807, 2.05) is 36.4 Å². The fourth-order valence-corrected chi connectivity index (χ4v) is 2.25. The molecule has 4 heteroatoms. The first-order valence-electron chi connectivity index (χ1n) is 6.24. The maximum atomic E-state index is 8.61. The molecule has 0 bridgehead atoms. The molecule has 1 N–H and O–H groups in total. The number of benzene rings is 1. The van der Waals surface area contributed by atoms with E-state index in [1.54, 1.807) is 24.2 Å². The van der Waals surface area contributed by atoms with Crippen LogP contribution in [0.3, 0.4) is 0 Å². The standard InChI is InChI=1S/C16H15NO2S/c18-11-1-2-14-3-5-15(6-4-14)19-12-13-20-16-7-9-17-10-8-16/h3-10,18H,11-13H2. The van der Waals surface area contributed by atoms with E-state index >= 15 is 0 Å². The van der Waals surface area contributed by atoms with Crippen LogP contribution in [0.25, 0.3) is 0 Å². The summed E-state index contributed by atoms with van der Waals surface area (Å²) >= 11 is 1.74. The molecule has 1 aromatic carbocycles. The van der Waals surface area contributed by atoms with Crippen molar-refractivity contribution in [2.75, 3.05) is 19.0 Å². The zero-order valence-electron chi connectivity index (χ0n) is 11.0. The highest BCUT2D eigenvalue weighted by Gasteiger charge is 1.96. The van der Waals surface area contributed by atoms with Gasteiger partial charge >= 0.3 is 0 Å². The lowest BCUT2D eigenvalue weighted by Gasteiger charge is -2.06. The van der Waals surface area contributed by atoms with Crippen molar-refractivity contribution < 1.29 is 9.84 Å². The molecule has 0 radical (unpaired) electrons. The number of pyridine rings is 1. The number of hydrogen-bond acceptors (Lipinski definition) is 4. The van der Waals surface area contributed by atoms with Gasteiger partial charge in [-0.1, -0.05) is 11.8 Å². The Morgan fingerprint density at radius 1 is 1.10 bits per heavy atom. The summed E-state index contributed by atoms with van der Waals surface area (Å²) in [7, 11) is 0. The van der Waals surface area contributed by atoms with Gasteiger partial charge in [-0.25, -0.2) is 0 Å². The van der Waals surface area contributed by atoms with Gasteiger partial charge in [0, 0.05) is 28.6 Å². The molecule has 0 atom stereocenters. The van der Waals surface area contributed by atoms with E-state index in [4.69, 9.17) is 9.84 Å². The number of rotatable bonds is 5. The van der Waals surface area contributed by atoms with Crippen LogP contribution in [0.2, 0.25) is 0 Å². The van der Waals surface area contributed by atoms with Crippen molar-refractivity contribution in [1.29, 1.82) is 0 Å². The van der Waals surface area contributed by atoms with Crippen molar-refractivity contribution in [2.45, 2.75) is 4.90 Å². The normalized spacial score (nSPS) is 9.65. The van der Waals surface area contributed by atoms with Gasteiger partial charge in [-0.3, -0.25) is 4.98 Å². The third kappa shape index (κ3) is 4.96. The SMILES string of the molecule is OCC#Cc1ccc(OCCSc2ccncc2)cc1. The molecule has 0 fully saturated rings. The molecule has 0 saturated carbocycles. The zero-order chi connectivity index (χ0) is 14.0. The van der Waals surface area contributed by atoms with Gasteiger partial charge < -0.3 is 9.84 Å². The molecule has 1 aromatic heterocycles. The van der Waals surface area contributed by atoms with Crippen LogP contribution in [0, 0.1) is 11.8 Å². The number of ether oxygens (including phenoxy) is 1. The van der Waals surface area contributed by atoms with Gasteiger partial charge in [-0.05, 0) is 36.4 Å². The number of hydrogen-bond donors (Lipinski definition) is 1. The summed E-state index contributed by atoms with van der Waals surface area (Å²) in [5, 5.41) is 8.61. The van der Waals surface area contributed by atoms with Crippen LogP contribution in [0.1, 0.15) is 5.56 Å². The van der Waals surface area contributed by atoms with Crippen LogP contribution in [0.15, 0.2) is 53.7 Å². The molecule has 0 aliphatic carbocycles. The van der Waals surface area contributed by atoms with Gasteiger partial charge in [0.1, 0.15) is 12.4 Å². The zero-order valence-corrected chi connectivity index (χ0v) is 11.8. The van der Waals surface area contributed by atoms with Crippen LogP contribution >= 0.6 is 11.8 Å². The molecule has 102 valence electrons. The van der Waals surface area contributed by atoms with Gasteiger partial charge in [-0.2, -0.15) is 0 Å². The highest BCUT2D eigenvalue weighted by atomic mass is 32.2. The monoisotopic (exact) mass is 285 g/mol. The molecule has 20 heavy (non-hydrogen) atoms. The number of nitrogens with zero attached hydrogens (tertiary/aromatic N) is 1. The van der Waals surface area contributed by atoms with Gasteiger partial charge in [0.2, 0.25) is 0 Å². The molecule has 2 rings (SSSR count). The van der Waals surface area contributed by atoms with E-state index < -0.39 is 0 Å². The summed E-state index contributed by atoms with van der Waals surface area (Å²) < 4.78 is 5.65. The largest absolute Gasteiger partial charge is 0.493 e. The Morgan fingerprint density at radius 3 is 2.55 bits per heavy atom. The van der Waals surface area contributed by atoms with E-state index in [0.29, 0.717) is 6.61 Å². The smallest absolute Gasteiger partial charge is 0.119 e. The molecular formula is C16H15NO2S. The third-order valence-corrected chi connectivity index (χ3v) is 3.41. The highest BCUT2D eigenvalue weighted by Crippen LogP contribution is 2.17. The molecule has 0 aliphatic heterocycles. The van der Waals surface area contributed by atoms with Crippen molar-refractivity contribution in [1.82, 2.24) is 4.98 Å². The van der Waals surface area contributed by atoms with E-state index in [1.165, 1.54) is 4.90 Å². The average Bonchev–Trinajstić information content (AvgIpc) is 2.52. The molecule has 2 aromatic rings. The predicted molar refractivity (Wildman–Crippen MR) is 80.9 cm³/mol. The second kappa shape index (κ2) is 8.26. The minimum Gasteiger partial charge on any atom is -0.493 e. The first kappa shape index (κ1) is 14.4. The summed E-state index contributed by atoms with van der Waals surface area (Å²) in [6.45, 7) is 0.527. The second-order valence-electron chi connectivity index (χ2n) is 3.86. The fraction of sp³-hybridized carbons (Fsp3) is 0.188. The summed E-state index contributed by atoms with van der Waals surface area (Å²) in [4.78, 5) is 5.17. The van der Waals surface area contributed by atoms with Crippen LogP contribution in [-0.4, -0.2) is 29.1 Å². The Hall–Kier alpha value is -1.96. The van der Waals surface area contributed by atoms with E-state index in [9.17, 15) is 0 Å². The van der Waals surface area contributed by atoms with Gasteiger partial charge in [0.25, 0.3) is 0 Å². The third-order valence-electron chi connectivity index (χ3n) is 2.44. The van der Waals surface area contributed by atoms with Crippen molar-refractivity contribution in [3.05, 3.63) is 54.4 Å². The average molecular weight is 285 g/mol. The van der Waals surface area contributed by atoms with Crippen LogP contribution in [0.4, 0.5) is 0 Å². The lowest BCUT2D eigenvalue weighted by Crippen LogP contribution is -1.99. The number of aliphatic hydroxyl groups is 1. The van der Waals surface area contributed by atoms with Crippen LogP contribution < -0.4 is 4.74 Å². The van der Waals surface area contributed by atoms with Crippen molar-refractivity contribution in [3.63, 3.8) is 0 Å². The van der Waals surface area contributed by atoms with Gasteiger partial charge in [0.15, 0.2) is 0 Å². The van der Waals surface area contributed by atoms with Crippen molar-refractivity contribution in [3.8, 4) is 17.6 Å². The number of thioether (sulfide) groups is 1. The fourth-order valence-electron chi connectivity index (χ4n) is 1.53. The Balaban J connectivity index is 1.74. The Bertz CT molecular complexity index is 573. The number of aromatic nitrogens is 1. The molecule has 0 aliphatic rings. The molecule has 0 spiro atoms. The molecular weight excluding hydrogens is 270 g/mol. The van der Waals surface area contributed by atoms with E-state index in [-0.39, 0.29) is 6.61 Å². The first-order valence-corrected chi connectivity index (χ1v) is 7.22. The van der Waals surface area contributed by atoms with Gasteiger partial charge in [-0.15, -0.1) is 11.8 Å². The van der Waals surface area contributed by atoms with Gasteiger partial charge in [0.05, 0.1) is 6.61 Å². The predicted octanol–water partition coefficient (Wildman–Crippen LogP) is 2.60. The second-order valence-corrected chi connectivity index (χ2v) is 5.03. The minimum atomic E-state index is -0.121. The molecule has 1 heterocycles. The molecule has 0 amide bonds. The maximum absolute atomic E-state index is 8.61. The quantitative estimate of drug-likeness (QED) is 0.521. The van der Waals surface area contributed by atoms with Crippen molar-refractivity contribution in [2.24, 2.45) is 0 Å². The Morgan fingerprint density at radius 2 is 1.85 bits per heavy atom. The van der Waals surface area contributed by atoms with Crippen LogP contribution in [0.5, 0.6) is 5.75 Å². The molecule has 0 unspecified atom stereocenters. The highest BCUT2D eigenvalue weighted by molar-refractivity contribution is 7.99. The maximum Gasteiger partial charge on any atom is 0.119 e. The Labute approximate surface area is 123 Å². The summed E-state index contributed by atoms with van der Waals surface area (Å²) in [6.07, 6.45) is 3.57. The lowest BCUT2D eigenvalue weighted by molar-refractivity contribution is 0.344. The molecule has 0 saturated heterocycles. The lowest BCUT2D eigenvalue weighted by atomic mass is 10.2. The van der Waals surface area contributed by atoms with E-state index in [2.05, 4.69) is 16.8 Å². The van der Waals surface area contributed by atoms with Crippen molar-refractivity contribution >= 4 is 11.8 Å². The topological polar surface area (TPSA) is 42.4 Å². The van der Waals surface area contributed by atoms with E-state index in [0.717, 1.165) is 17.1 Å². The summed E-state index contributed by atoms with van der Waals surface area (Å²) in [5.74, 6) is 7.17. The number of aliphatic hydroxyl groups excluding tert-OH is 1. The first-order chi connectivity index (χ1) is 9.88. The summed E-state index contributed by atoms with van der Waals surface area (Å²) in [6, 6.07) is 11.5. The Kier molecular flexibility index (Phi) is 5.97. The molecule has 3 nitrogen and oxygen atoms in total. The summed E-state index contributed by atoms with van der Waals surface area (Å²) in [5.41, 5.74) is 0.873. The minimum absolute atomic E-state index is 0.121.